The second-order valence-corrected chi connectivity index (χ2v) is 7.31. The molecule has 1 aromatic carbocycles. The van der Waals surface area contributed by atoms with Crippen LogP contribution in [-0.2, 0) is 4.79 Å². The second kappa shape index (κ2) is 7.36. The van der Waals surface area contributed by atoms with E-state index in [2.05, 4.69) is 5.10 Å². The molecule has 0 aliphatic carbocycles. The molecule has 1 saturated heterocycles. The number of halogens is 5. The highest BCUT2D eigenvalue weighted by Gasteiger charge is 2.57. The largest absolute Gasteiger partial charge is 0.426 e. The summed E-state index contributed by atoms with van der Waals surface area (Å²) >= 11 is 6.10. The molecular weight excluding hydrogens is 402 g/mol. The van der Waals surface area contributed by atoms with Crippen molar-refractivity contribution < 1.29 is 27.5 Å². The molecule has 1 amide bonds. The minimum Gasteiger partial charge on any atom is -0.373 e. The number of alkyl halides is 3. The Kier molecular flexibility index (Phi) is 5.42. The van der Waals surface area contributed by atoms with Gasteiger partial charge in [0.25, 0.3) is 5.91 Å². The molecule has 152 valence electrons. The Hall–Kier alpha value is -2.13. The van der Waals surface area contributed by atoms with Crippen LogP contribution in [-0.4, -0.2) is 50.6 Å². The second-order valence-electron chi connectivity index (χ2n) is 6.90. The van der Waals surface area contributed by atoms with Gasteiger partial charge in [-0.05, 0) is 44.0 Å². The summed E-state index contributed by atoms with van der Waals surface area (Å²) in [5.74, 6) is -1.91. The molecule has 28 heavy (non-hydrogen) atoms. The van der Waals surface area contributed by atoms with Crippen LogP contribution in [0.3, 0.4) is 0 Å². The average molecular weight is 420 g/mol. The summed E-state index contributed by atoms with van der Waals surface area (Å²) in [6.45, 7) is 0.600. The average Bonchev–Trinajstić information content (AvgIpc) is 3.09. The smallest absolute Gasteiger partial charge is 0.373 e. The highest BCUT2D eigenvalue weighted by Crippen LogP contribution is 2.35. The lowest BCUT2D eigenvalue weighted by Gasteiger charge is -2.36. The van der Waals surface area contributed by atoms with Gasteiger partial charge < -0.3 is 10.0 Å². The van der Waals surface area contributed by atoms with E-state index in [1.54, 1.807) is 16.9 Å². The van der Waals surface area contributed by atoms with Gasteiger partial charge in [-0.15, -0.1) is 0 Å². The number of carbonyl (C=O) groups is 1. The van der Waals surface area contributed by atoms with Gasteiger partial charge in [0.2, 0.25) is 5.60 Å². The first kappa shape index (κ1) is 20.6. The number of piperidine rings is 1. The van der Waals surface area contributed by atoms with E-state index in [0.29, 0.717) is 25.5 Å². The van der Waals surface area contributed by atoms with Crippen LogP contribution >= 0.6 is 11.6 Å². The predicted molar refractivity (Wildman–Crippen MR) is 93.8 cm³/mol. The fourth-order valence-electron chi connectivity index (χ4n) is 3.28. The number of hydrogen-bond donors (Lipinski definition) is 1. The van der Waals surface area contributed by atoms with E-state index in [-0.39, 0.29) is 24.0 Å². The van der Waals surface area contributed by atoms with Crippen molar-refractivity contribution in [2.75, 3.05) is 13.1 Å². The van der Waals surface area contributed by atoms with Crippen molar-refractivity contribution in [1.29, 1.82) is 0 Å². The normalized spacial score (nSPS) is 18.2. The summed E-state index contributed by atoms with van der Waals surface area (Å²) < 4.78 is 53.5. The monoisotopic (exact) mass is 419 g/mol. The topological polar surface area (TPSA) is 58.4 Å². The summed E-state index contributed by atoms with van der Waals surface area (Å²) in [7, 11) is 0. The number of nitrogens with zero attached hydrogens (tertiary/aromatic N) is 3. The molecule has 2 aromatic rings. The van der Waals surface area contributed by atoms with Gasteiger partial charge in [-0.3, -0.25) is 4.79 Å². The quantitative estimate of drug-likeness (QED) is 0.772. The maximum absolute atomic E-state index is 13.3. The van der Waals surface area contributed by atoms with Crippen molar-refractivity contribution in [3.8, 4) is 5.69 Å². The van der Waals surface area contributed by atoms with Crippen LogP contribution in [0, 0.1) is 5.82 Å². The number of carbonyl (C=O) groups excluding carboxylic acids is 1. The minimum atomic E-state index is -5.04. The van der Waals surface area contributed by atoms with E-state index in [1.165, 1.54) is 18.2 Å². The summed E-state index contributed by atoms with van der Waals surface area (Å²) in [5, 5.41) is 14.0. The molecule has 1 atom stereocenters. The SMILES string of the molecule is C[C@@](O)(C(=O)N1CCC(c2ccnn2-c2ccc(F)cc2Cl)CC1)C(F)(F)F. The van der Waals surface area contributed by atoms with E-state index < -0.39 is 23.5 Å². The summed E-state index contributed by atoms with van der Waals surface area (Å²) in [4.78, 5) is 13.1. The third kappa shape index (κ3) is 3.73. The van der Waals surface area contributed by atoms with Crippen molar-refractivity contribution in [2.45, 2.75) is 37.5 Å². The minimum absolute atomic E-state index is 0.0675. The van der Waals surface area contributed by atoms with Crippen LogP contribution in [0.4, 0.5) is 17.6 Å². The molecule has 3 rings (SSSR count). The Morgan fingerprint density at radius 3 is 2.46 bits per heavy atom. The number of likely N-dealkylation sites (tertiary alicyclic amines) is 1. The van der Waals surface area contributed by atoms with E-state index in [4.69, 9.17) is 11.6 Å². The van der Waals surface area contributed by atoms with Gasteiger partial charge in [-0.2, -0.15) is 18.3 Å². The van der Waals surface area contributed by atoms with Crippen molar-refractivity contribution >= 4 is 17.5 Å². The van der Waals surface area contributed by atoms with Gasteiger partial charge in [0.15, 0.2) is 0 Å². The molecule has 2 heterocycles. The summed E-state index contributed by atoms with van der Waals surface area (Å²) in [5.41, 5.74) is -2.16. The number of hydrogen-bond acceptors (Lipinski definition) is 3. The first-order valence-corrected chi connectivity index (χ1v) is 8.98. The zero-order valence-electron chi connectivity index (χ0n) is 14.9. The molecular formula is C18H18ClF4N3O2. The van der Waals surface area contributed by atoms with Crippen LogP contribution < -0.4 is 0 Å². The Bertz CT molecular complexity index is 874. The van der Waals surface area contributed by atoms with Crippen LogP contribution in [0.25, 0.3) is 5.69 Å². The molecule has 1 aromatic heterocycles. The molecule has 5 nitrogen and oxygen atoms in total. The third-order valence-electron chi connectivity index (χ3n) is 4.98. The van der Waals surface area contributed by atoms with Gasteiger partial charge in [0, 0.05) is 30.9 Å². The third-order valence-corrected chi connectivity index (χ3v) is 5.28. The standard InChI is InChI=1S/C18H18ClF4N3O2/c1-17(28,18(21,22)23)16(27)25-8-5-11(6-9-25)14-4-7-24-26(14)15-3-2-12(20)10-13(15)19/h2-4,7,10-11,28H,5-6,8-9H2,1H3/t17-/m1/s1. The van der Waals surface area contributed by atoms with Crippen molar-refractivity contribution in [1.82, 2.24) is 14.7 Å². The Morgan fingerprint density at radius 2 is 1.89 bits per heavy atom. The molecule has 10 heteroatoms. The fraction of sp³-hybridized carbons (Fsp3) is 0.444. The molecule has 0 bridgehead atoms. The highest BCUT2D eigenvalue weighted by molar-refractivity contribution is 6.32. The number of benzene rings is 1. The lowest BCUT2D eigenvalue weighted by molar-refractivity contribution is -0.250. The first-order valence-electron chi connectivity index (χ1n) is 8.60. The number of aromatic nitrogens is 2. The number of rotatable bonds is 3. The van der Waals surface area contributed by atoms with E-state index >= 15 is 0 Å². The predicted octanol–water partition coefficient (Wildman–Crippen LogP) is 3.68. The van der Waals surface area contributed by atoms with Gasteiger partial charge in [0.05, 0.1) is 10.7 Å². The highest BCUT2D eigenvalue weighted by atomic mass is 35.5. The molecule has 1 N–H and O–H groups in total. The summed E-state index contributed by atoms with van der Waals surface area (Å²) in [6.07, 6.45) is -2.70. The summed E-state index contributed by atoms with van der Waals surface area (Å²) in [6, 6.07) is 5.68. The van der Waals surface area contributed by atoms with Gasteiger partial charge in [-0.1, -0.05) is 11.6 Å². The van der Waals surface area contributed by atoms with Crippen molar-refractivity contribution in [3.63, 3.8) is 0 Å². The Labute approximate surface area is 163 Å². The van der Waals surface area contributed by atoms with Crippen LogP contribution in [0.5, 0.6) is 0 Å². The maximum Gasteiger partial charge on any atom is 0.426 e. The molecule has 1 aliphatic heterocycles. The molecule has 0 spiro atoms. The molecule has 0 unspecified atom stereocenters. The fourth-order valence-corrected chi connectivity index (χ4v) is 3.53. The van der Waals surface area contributed by atoms with Crippen LogP contribution in [0.15, 0.2) is 30.5 Å². The van der Waals surface area contributed by atoms with Crippen LogP contribution in [0.1, 0.15) is 31.4 Å². The lowest BCUT2D eigenvalue weighted by Crippen LogP contribution is -2.57. The van der Waals surface area contributed by atoms with E-state index in [9.17, 15) is 27.5 Å². The van der Waals surface area contributed by atoms with Gasteiger partial charge in [-0.25, -0.2) is 9.07 Å². The molecule has 0 radical (unpaired) electrons. The first-order chi connectivity index (χ1) is 13.0. The zero-order chi connectivity index (χ0) is 20.7. The Balaban J connectivity index is 1.75. The Morgan fingerprint density at radius 1 is 1.25 bits per heavy atom. The maximum atomic E-state index is 13.3. The van der Waals surface area contributed by atoms with Crippen molar-refractivity contribution in [3.05, 3.63) is 47.0 Å². The molecule has 0 saturated carbocycles. The van der Waals surface area contributed by atoms with Gasteiger partial charge in [0.1, 0.15) is 5.82 Å². The van der Waals surface area contributed by atoms with E-state index in [0.717, 1.165) is 10.6 Å². The lowest BCUT2D eigenvalue weighted by atomic mass is 9.92. The number of aliphatic hydroxyl groups is 1. The van der Waals surface area contributed by atoms with Crippen LogP contribution in [0.2, 0.25) is 5.02 Å². The molecule has 1 aliphatic rings. The van der Waals surface area contributed by atoms with E-state index in [1.807, 2.05) is 0 Å². The van der Waals surface area contributed by atoms with Gasteiger partial charge >= 0.3 is 6.18 Å². The van der Waals surface area contributed by atoms with Crippen molar-refractivity contribution in [2.24, 2.45) is 0 Å². The molecule has 1 fully saturated rings. The zero-order valence-corrected chi connectivity index (χ0v) is 15.6. The number of amides is 1.